The van der Waals surface area contributed by atoms with Gasteiger partial charge in [-0.1, -0.05) is 30.3 Å². The van der Waals surface area contributed by atoms with Gasteiger partial charge in [-0.3, -0.25) is 9.59 Å². The third-order valence-corrected chi connectivity index (χ3v) is 4.22. The molecule has 0 spiro atoms. The van der Waals surface area contributed by atoms with Gasteiger partial charge >= 0.3 is 0 Å². The van der Waals surface area contributed by atoms with Crippen LogP contribution in [-0.4, -0.2) is 37.2 Å². The molecule has 0 fully saturated rings. The summed E-state index contributed by atoms with van der Waals surface area (Å²) in [6.45, 7) is 1.49. The molecule has 0 saturated carbocycles. The molecule has 26 heavy (non-hydrogen) atoms. The van der Waals surface area contributed by atoms with E-state index in [4.69, 9.17) is 15.2 Å². The normalized spacial score (nSPS) is 14.0. The third-order valence-electron chi connectivity index (χ3n) is 4.22. The number of carbonyl (C=O) groups excluding carboxylic acids is 2. The number of nitrogens with two attached hydrogens (primary N) is 1. The van der Waals surface area contributed by atoms with Crippen molar-refractivity contribution in [1.82, 2.24) is 5.32 Å². The van der Waals surface area contributed by atoms with E-state index in [0.717, 1.165) is 0 Å². The van der Waals surface area contributed by atoms with Crippen LogP contribution in [0.4, 0.5) is 0 Å². The minimum absolute atomic E-state index is 0.169. The van der Waals surface area contributed by atoms with E-state index in [1.807, 2.05) is 0 Å². The molecule has 4 N–H and O–H groups in total. The number of hydrogen-bond donors (Lipinski definition) is 3. The smallest absolute Gasteiger partial charge is 0.256 e. The molecule has 7 heteroatoms. The summed E-state index contributed by atoms with van der Waals surface area (Å²) < 4.78 is 10.4. The lowest BCUT2D eigenvalue weighted by atomic mass is 9.85. The first-order chi connectivity index (χ1) is 12.4. The van der Waals surface area contributed by atoms with Gasteiger partial charge in [-0.15, -0.1) is 0 Å². The number of carbonyl (C=O) groups is 2. The van der Waals surface area contributed by atoms with Crippen LogP contribution in [0.2, 0.25) is 0 Å². The second kappa shape index (κ2) is 7.88. The van der Waals surface area contributed by atoms with Crippen molar-refractivity contribution in [2.75, 3.05) is 14.2 Å². The first kappa shape index (κ1) is 19.3. The Balaban J connectivity index is 2.39. The fourth-order valence-corrected chi connectivity index (χ4v) is 2.75. The highest BCUT2D eigenvalue weighted by Crippen LogP contribution is 2.33. The van der Waals surface area contributed by atoms with Gasteiger partial charge in [-0.2, -0.15) is 0 Å². The Labute approximate surface area is 151 Å². The molecular weight excluding hydrogens is 336 g/mol. The van der Waals surface area contributed by atoms with Crippen LogP contribution >= 0.6 is 0 Å². The summed E-state index contributed by atoms with van der Waals surface area (Å²) in [5.41, 5.74) is 3.76. The fraction of sp³-hybridized carbons (Fsp3) is 0.263. The van der Waals surface area contributed by atoms with Gasteiger partial charge < -0.3 is 25.6 Å². The molecule has 0 bridgehead atoms. The quantitative estimate of drug-likeness (QED) is 0.689. The third kappa shape index (κ3) is 3.48. The maximum atomic E-state index is 12.6. The van der Waals surface area contributed by atoms with Gasteiger partial charge in [0.05, 0.1) is 25.8 Å². The monoisotopic (exact) mass is 358 g/mol. The maximum Gasteiger partial charge on any atom is 0.256 e. The summed E-state index contributed by atoms with van der Waals surface area (Å²) in [5.74, 6) is -0.858. The van der Waals surface area contributed by atoms with E-state index in [2.05, 4.69) is 5.32 Å². The summed E-state index contributed by atoms with van der Waals surface area (Å²) in [4.78, 5) is 24.7. The predicted molar refractivity (Wildman–Crippen MR) is 96.0 cm³/mol. The van der Waals surface area contributed by atoms with Gasteiger partial charge in [0, 0.05) is 5.56 Å². The van der Waals surface area contributed by atoms with Crippen LogP contribution in [0.5, 0.6) is 11.5 Å². The molecule has 0 saturated heterocycles. The molecule has 0 aromatic heterocycles. The van der Waals surface area contributed by atoms with Crippen LogP contribution in [0.25, 0.3) is 0 Å². The molecule has 0 aliphatic rings. The molecule has 2 aromatic rings. The zero-order valence-corrected chi connectivity index (χ0v) is 14.9. The zero-order valence-electron chi connectivity index (χ0n) is 14.9. The number of benzene rings is 2. The van der Waals surface area contributed by atoms with Crippen LogP contribution in [0.1, 0.15) is 22.8 Å². The lowest BCUT2D eigenvalue weighted by Gasteiger charge is -2.33. The van der Waals surface area contributed by atoms with Gasteiger partial charge in [0.25, 0.3) is 11.8 Å². The summed E-state index contributed by atoms with van der Waals surface area (Å²) in [7, 11) is 2.86. The SMILES string of the molecule is COc1ccccc1C(=O)N[C@@H](C)[C@@](O)(C(N)=O)c1ccccc1OC. The number of methoxy groups -OCH3 is 2. The van der Waals surface area contributed by atoms with Crippen molar-refractivity contribution in [2.24, 2.45) is 5.73 Å². The van der Waals surface area contributed by atoms with Crippen LogP contribution in [0, 0.1) is 0 Å². The van der Waals surface area contributed by atoms with Crippen molar-refractivity contribution in [3.63, 3.8) is 0 Å². The highest BCUT2D eigenvalue weighted by atomic mass is 16.5. The molecule has 0 radical (unpaired) electrons. The van der Waals surface area contributed by atoms with Gasteiger partial charge in [0.15, 0.2) is 5.60 Å². The number of nitrogens with one attached hydrogen (secondary N) is 1. The lowest BCUT2D eigenvalue weighted by Crippen LogP contribution is -2.56. The second-order valence-electron chi connectivity index (χ2n) is 5.73. The van der Waals surface area contributed by atoms with Crippen molar-refractivity contribution in [1.29, 1.82) is 0 Å². The molecule has 2 aromatic carbocycles. The summed E-state index contributed by atoms with van der Waals surface area (Å²) >= 11 is 0. The van der Waals surface area contributed by atoms with Crippen molar-refractivity contribution in [3.8, 4) is 11.5 Å². The molecule has 0 unspecified atom stereocenters. The Kier molecular flexibility index (Phi) is 5.84. The van der Waals surface area contributed by atoms with Gasteiger partial charge in [0.1, 0.15) is 11.5 Å². The van der Waals surface area contributed by atoms with Crippen LogP contribution < -0.4 is 20.5 Å². The highest BCUT2D eigenvalue weighted by Gasteiger charge is 2.44. The molecule has 2 rings (SSSR count). The van der Waals surface area contributed by atoms with Crippen LogP contribution in [0.3, 0.4) is 0 Å². The molecule has 2 amide bonds. The van der Waals surface area contributed by atoms with Crippen LogP contribution in [0.15, 0.2) is 48.5 Å². The van der Waals surface area contributed by atoms with E-state index in [0.29, 0.717) is 5.75 Å². The lowest BCUT2D eigenvalue weighted by molar-refractivity contribution is -0.140. The number of ether oxygens (including phenoxy) is 2. The van der Waals surface area contributed by atoms with Gasteiger partial charge in [-0.25, -0.2) is 0 Å². The van der Waals surface area contributed by atoms with Crippen molar-refractivity contribution in [3.05, 3.63) is 59.7 Å². The topological polar surface area (TPSA) is 111 Å². The summed E-state index contributed by atoms with van der Waals surface area (Å²) in [6, 6.07) is 12.0. The first-order valence-electron chi connectivity index (χ1n) is 7.95. The average Bonchev–Trinajstić information content (AvgIpc) is 2.66. The average molecular weight is 358 g/mol. The Bertz CT molecular complexity index is 808. The molecule has 2 atom stereocenters. The molecular formula is C19H22N2O5. The van der Waals surface area contributed by atoms with Crippen molar-refractivity contribution in [2.45, 2.75) is 18.6 Å². The minimum Gasteiger partial charge on any atom is -0.496 e. The number of rotatable bonds is 7. The molecule has 0 aliphatic carbocycles. The van der Waals surface area contributed by atoms with Crippen molar-refractivity contribution >= 4 is 11.8 Å². The Morgan fingerprint density at radius 2 is 1.58 bits per heavy atom. The minimum atomic E-state index is -2.16. The largest absolute Gasteiger partial charge is 0.496 e. The van der Waals surface area contributed by atoms with E-state index >= 15 is 0 Å². The number of amides is 2. The molecule has 138 valence electrons. The van der Waals surface area contributed by atoms with E-state index in [1.165, 1.54) is 27.2 Å². The van der Waals surface area contributed by atoms with E-state index in [-0.39, 0.29) is 16.9 Å². The Hall–Kier alpha value is -3.06. The molecule has 0 heterocycles. The van der Waals surface area contributed by atoms with E-state index in [1.54, 1.807) is 42.5 Å². The number of hydrogen-bond acceptors (Lipinski definition) is 5. The first-order valence-corrected chi connectivity index (χ1v) is 7.95. The number of para-hydroxylation sites is 2. The highest BCUT2D eigenvalue weighted by molar-refractivity contribution is 5.98. The van der Waals surface area contributed by atoms with Crippen molar-refractivity contribution < 1.29 is 24.2 Å². The zero-order chi connectivity index (χ0) is 19.3. The van der Waals surface area contributed by atoms with Crippen LogP contribution in [-0.2, 0) is 10.4 Å². The Morgan fingerprint density at radius 1 is 1.04 bits per heavy atom. The summed E-state index contributed by atoms with van der Waals surface area (Å²) in [5, 5.41) is 13.7. The van der Waals surface area contributed by atoms with Gasteiger partial charge in [-0.05, 0) is 25.1 Å². The Morgan fingerprint density at radius 3 is 2.15 bits per heavy atom. The van der Waals surface area contributed by atoms with Gasteiger partial charge in [0.2, 0.25) is 0 Å². The van der Waals surface area contributed by atoms with E-state index in [9.17, 15) is 14.7 Å². The molecule has 0 aliphatic heterocycles. The second-order valence-corrected chi connectivity index (χ2v) is 5.73. The standard InChI is InChI=1S/C19H22N2O5/c1-12(21-17(22)13-8-4-6-10-15(13)25-2)19(24,18(20)23)14-9-5-7-11-16(14)26-3/h4-12,24H,1-3H3,(H2,20,23)(H,21,22)/t12-,19-/m0/s1. The summed E-state index contributed by atoms with van der Waals surface area (Å²) in [6.07, 6.45) is 0. The number of primary amides is 1. The van der Waals surface area contributed by atoms with E-state index < -0.39 is 23.5 Å². The fourth-order valence-electron chi connectivity index (χ4n) is 2.75. The maximum absolute atomic E-state index is 12.6. The molecule has 7 nitrogen and oxygen atoms in total. The number of aliphatic hydroxyl groups is 1. The predicted octanol–water partition coefficient (Wildman–Crippen LogP) is 1.20.